The third-order valence-electron chi connectivity index (χ3n) is 6.21. The minimum atomic E-state index is -0.450. The highest BCUT2D eigenvalue weighted by molar-refractivity contribution is 6.35. The summed E-state index contributed by atoms with van der Waals surface area (Å²) in [6, 6.07) is 13.3. The first kappa shape index (κ1) is 21.6. The number of pyridine rings is 1. The van der Waals surface area contributed by atoms with Crippen molar-refractivity contribution in [3.8, 4) is 17.2 Å². The molecule has 0 amide bonds. The number of carbonyl (C=O) groups excluding carboxylic acids is 1. The first-order chi connectivity index (χ1) is 17.2. The molecule has 0 aliphatic carbocycles. The van der Waals surface area contributed by atoms with E-state index in [1.54, 1.807) is 12.4 Å². The van der Waals surface area contributed by atoms with Gasteiger partial charge in [-0.05, 0) is 30.3 Å². The lowest BCUT2D eigenvalue weighted by Gasteiger charge is -2.29. The van der Waals surface area contributed by atoms with Crippen molar-refractivity contribution in [2.45, 2.75) is 0 Å². The van der Waals surface area contributed by atoms with Crippen LogP contribution >= 0.6 is 11.6 Å². The van der Waals surface area contributed by atoms with E-state index in [2.05, 4.69) is 26.1 Å². The standard InChI is InChI=1S/C25H21ClN6O3/c1-34-25(33)17-13-15(31-9-11-35-12-10-31)14-21-23(17)29-24(19-5-8-28-30-19)32(21)20-6-7-27-22-16(20)3-2-4-18(22)26/h2-8,13-14H,9-12H2,1H3,(H,28,30). The molecular formula is C25H21ClN6O3. The summed E-state index contributed by atoms with van der Waals surface area (Å²) in [5, 5.41) is 8.54. The molecule has 0 unspecified atom stereocenters. The van der Waals surface area contributed by atoms with E-state index in [0.29, 0.717) is 46.4 Å². The number of benzene rings is 2. The van der Waals surface area contributed by atoms with Crippen molar-refractivity contribution in [3.05, 3.63) is 65.4 Å². The first-order valence-electron chi connectivity index (χ1n) is 11.2. The summed E-state index contributed by atoms with van der Waals surface area (Å²) in [6.45, 7) is 2.69. The highest BCUT2D eigenvalue weighted by atomic mass is 35.5. The number of esters is 1. The number of morpholine rings is 1. The quantitative estimate of drug-likeness (QED) is 0.378. The lowest BCUT2D eigenvalue weighted by atomic mass is 10.1. The smallest absolute Gasteiger partial charge is 0.340 e. The molecule has 0 spiro atoms. The summed E-state index contributed by atoms with van der Waals surface area (Å²) in [5.41, 5.74) is 4.80. The van der Waals surface area contributed by atoms with Crippen LogP contribution in [-0.4, -0.2) is 64.1 Å². The van der Waals surface area contributed by atoms with Crippen LogP contribution in [0.4, 0.5) is 5.69 Å². The van der Waals surface area contributed by atoms with Crippen LogP contribution in [0.25, 0.3) is 39.1 Å². The number of hydrogen-bond donors (Lipinski definition) is 1. The number of carbonyl (C=O) groups is 1. The summed E-state index contributed by atoms with van der Waals surface area (Å²) < 4.78 is 12.7. The fourth-order valence-electron chi connectivity index (χ4n) is 4.56. The molecule has 1 aliphatic rings. The van der Waals surface area contributed by atoms with Crippen LogP contribution in [0, 0.1) is 0 Å². The summed E-state index contributed by atoms with van der Waals surface area (Å²) in [5.74, 6) is 0.155. The predicted octanol–water partition coefficient (Wildman–Crippen LogP) is 4.24. The summed E-state index contributed by atoms with van der Waals surface area (Å²) in [7, 11) is 1.38. The van der Waals surface area contributed by atoms with Crippen LogP contribution in [0.1, 0.15) is 10.4 Å². The average molecular weight is 489 g/mol. The van der Waals surface area contributed by atoms with Gasteiger partial charge < -0.3 is 14.4 Å². The van der Waals surface area contributed by atoms with Gasteiger partial charge in [-0.25, -0.2) is 9.78 Å². The monoisotopic (exact) mass is 488 g/mol. The largest absolute Gasteiger partial charge is 0.465 e. The highest BCUT2D eigenvalue weighted by Crippen LogP contribution is 2.36. The van der Waals surface area contributed by atoms with Gasteiger partial charge >= 0.3 is 5.97 Å². The molecule has 6 rings (SSSR count). The number of para-hydroxylation sites is 1. The Morgan fingerprint density at radius 3 is 2.74 bits per heavy atom. The first-order valence-corrected chi connectivity index (χ1v) is 11.5. The fraction of sp³-hybridized carbons (Fsp3) is 0.200. The zero-order valence-corrected chi connectivity index (χ0v) is 19.6. The van der Waals surface area contributed by atoms with E-state index in [4.69, 9.17) is 26.1 Å². The number of nitrogens with zero attached hydrogens (tertiary/aromatic N) is 5. The molecule has 1 aliphatic heterocycles. The molecule has 0 atom stereocenters. The van der Waals surface area contributed by atoms with Crippen molar-refractivity contribution < 1.29 is 14.3 Å². The van der Waals surface area contributed by atoms with E-state index in [9.17, 15) is 4.79 Å². The number of fused-ring (bicyclic) bond motifs is 2. The Labute approximate surface area is 205 Å². The van der Waals surface area contributed by atoms with Crippen LogP contribution in [-0.2, 0) is 9.47 Å². The second kappa shape index (κ2) is 8.68. The van der Waals surface area contributed by atoms with Crippen molar-refractivity contribution >= 4 is 45.2 Å². The minimum absolute atomic E-state index is 0.391. The molecule has 2 aromatic carbocycles. The van der Waals surface area contributed by atoms with Gasteiger partial charge in [0.05, 0.1) is 47.6 Å². The molecule has 3 aromatic heterocycles. The molecule has 176 valence electrons. The van der Waals surface area contributed by atoms with Gasteiger partial charge in [-0.1, -0.05) is 23.7 Å². The number of anilines is 1. The maximum absolute atomic E-state index is 12.9. The number of aromatic nitrogens is 5. The van der Waals surface area contributed by atoms with Crippen LogP contribution in [0.5, 0.6) is 0 Å². The van der Waals surface area contributed by atoms with E-state index < -0.39 is 5.97 Å². The van der Waals surface area contributed by atoms with Crippen LogP contribution < -0.4 is 4.90 Å². The van der Waals surface area contributed by atoms with Crippen molar-refractivity contribution in [1.29, 1.82) is 0 Å². The Morgan fingerprint density at radius 1 is 1.11 bits per heavy atom. The number of nitrogens with one attached hydrogen (secondary N) is 1. The second-order valence-corrected chi connectivity index (χ2v) is 8.57. The van der Waals surface area contributed by atoms with Crippen molar-refractivity contribution in [3.63, 3.8) is 0 Å². The number of halogens is 1. The third kappa shape index (κ3) is 3.60. The van der Waals surface area contributed by atoms with E-state index in [0.717, 1.165) is 35.4 Å². The molecule has 1 fully saturated rings. The normalized spacial score (nSPS) is 14.1. The van der Waals surface area contributed by atoms with E-state index >= 15 is 0 Å². The van der Waals surface area contributed by atoms with Gasteiger partial charge in [-0.15, -0.1) is 0 Å². The highest BCUT2D eigenvalue weighted by Gasteiger charge is 2.25. The summed E-state index contributed by atoms with van der Waals surface area (Å²) in [6.07, 6.45) is 3.39. The fourth-order valence-corrected chi connectivity index (χ4v) is 4.78. The van der Waals surface area contributed by atoms with Gasteiger partial charge in [0, 0.05) is 36.6 Å². The van der Waals surface area contributed by atoms with Crippen LogP contribution in [0.2, 0.25) is 5.02 Å². The summed E-state index contributed by atoms with van der Waals surface area (Å²) >= 11 is 6.48. The van der Waals surface area contributed by atoms with Gasteiger partial charge in [0.2, 0.25) is 0 Å². The Morgan fingerprint density at radius 2 is 1.97 bits per heavy atom. The Bertz CT molecular complexity index is 1560. The maximum Gasteiger partial charge on any atom is 0.340 e. The lowest BCUT2D eigenvalue weighted by Crippen LogP contribution is -2.36. The van der Waals surface area contributed by atoms with Gasteiger partial charge in [0.25, 0.3) is 0 Å². The molecule has 5 aromatic rings. The van der Waals surface area contributed by atoms with Crippen LogP contribution in [0.3, 0.4) is 0 Å². The molecule has 35 heavy (non-hydrogen) atoms. The molecular weight excluding hydrogens is 468 g/mol. The number of H-pyrrole nitrogens is 1. The molecule has 0 saturated carbocycles. The molecule has 0 radical (unpaired) electrons. The number of rotatable bonds is 4. The maximum atomic E-state index is 12.9. The zero-order chi connectivity index (χ0) is 23.9. The molecule has 0 bridgehead atoms. The number of hydrogen-bond acceptors (Lipinski definition) is 7. The zero-order valence-electron chi connectivity index (χ0n) is 18.9. The molecule has 9 nitrogen and oxygen atoms in total. The van der Waals surface area contributed by atoms with Gasteiger partial charge in [0.1, 0.15) is 11.2 Å². The van der Waals surface area contributed by atoms with E-state index in [1.807, 2.05) is 41.0 Å². The van der Waals surface area contributed by atoms with Gasteiger partial charge in [0.15, 0.2) is 5.82 Å². The van der Waals surface area contributed by atoms with Gasteiger partial charge in [-0.2, -0.15) is 5.10 Å². The number of methoxy groups -OCH3 is 1. The SMILES string of the molecule is COC(=O)c1cc(N2CCOCC2)cc2c1nc(-c1ccn[nH]1)n2-c1ccnc2c(Cl)cccc12. The predicted molar refractivity (Wildman–Crippen MR) is 133 cm³/mol. The van der Waals surface area contributed by atoms with Crippen molar-refractivity contribution in [2.75, 3.05) is 38.3 Å². The number of ether oxygens (including phenoxy) is 2. The molecule has 10 heteroatoms. The molecule has 1 saturated heterocycles. The second-order valence-electron chi connectivity index (χ2n) is 8.16. The Hall–Kier alpha value is -3.95. The number of aromatic amines is 1. The molecule has 1 N–H and O–H groups in total. The number of imidazole rings is 1. The Balaban J connectivity index is 1.72. The van der Waals surface area contributed by atoms with Crippen molar-refractivity contribution in [2.24, 2.45) is 0 Å². The topological polar surface area (TPSA) is 98.2 Å². The Kier molecular flexibility index (Phi) is 5.35. The van der Waals surface area contributed by atoms with Crippen LogP contribution in [0.15, 0.2) is 54.9 Å². The lowest BCUT2D eigenvalue weighted by molar-refractivity contribution is 0.0603. The van der Waals surface area contributed by atoms with Crippen molar-refractivity contribution in [1.82, 2.24) is 24.7 Å². The average Bonchev–Trinajstić information content (AvgIpc) is 3.56. The molecule has 4 heterocycles. The minimum Gasteiger partial charge on any atom is -0.465 e. The summed E-state index contributed by atoms with van der Waals surface area (Å²) in [4.78, 5) is 24.5. The third-order valence-corrected chi connectivity index (χ3v) is 6.51. The van der Waals surface area contributed by atoms with E-state index in [1.165, 1.54) is 7.11 Å². The van der Waals surface area contributed by atoms with Gasteiger partial charge in [-0.3, -0.25) is 14.6 Å². The van der Waals surface area contributed by atoms with E-state index in [-0.39, 0.29) is 0 Å².